The monoisotopic (exact) mass is 244 g/mol. The van der Waals surface area contributed by atoms with Crippen LogP contribution in [0.5, 0.6) is 0 Å². The van der Waals surface area contributed by atoms with Gasteiger partial charge in [-0.3, -0.25) is 0 Å². The van der Waals surface area contributed by atoms with E-state index in [1.165, 1.54) is 12.1 Å². The van der Waals surface area contributed by atoms with E-state index in [1.54, 1.807) is 19.1 Å². The van der Waals surface area contributed by atoms with Gasteiger partial charge < -0.3 is 15.4 Å². The third kappa shape index (κ3) is 3.64. The minimum Gasteiger partial charge on any atom is -0.385 e. The van der Waals surface area contributed by atoms with Crippen molar-refractivity contribution in [1.82, 2.24) is 0 Å². The predicted molar refractivity (Wildman–Crippen MR) is 64.0 cm³/mol. The van der Waals surface area contributed by atoms with E-state index in [0.29, 0.717) is 25.1 Å². The smallest absolute Gasteiger partial charge is 0.149 e. The molecule has 0 fully saturated rings. The first-order valence-corrected chi connectivity index (χ1v) is 5.48. The summed E-state index contributed by atoms with van der Waals surface area (Å²) in [6.07, 6.45) is 0.713. The maximum atomic E-state index is 13.7. The fraction of sp³-hybridized carbons (Fsp3) is 0.500. The van der Waals surface area contributed by atoms with Crippen molar-refractivity contribution in [3.8, 4) is 0 Å². The number of hydrogen-bond donors (Lipinski definition) is 1. The van der Waals surface area contributed by atoms with Crippen molar-refractivity contribution >= 4 is 5.69 Å². The minimum atomic E-state index is -0.578. The highest BCUT2D eigenvalue weighted by molar-refractivity contribution is 5.50. The summed E-state index contributed by atoms with van der Waals surface area (Å²) in [5, 5.41) is 0. The number of anilines is 1. The highest BCUT2D eigenvalue weighted by atomic mass is 19.1. The Hall–Kier alpha value is -1.20. The normalized spacial score (nSPS) is 10.6. The minimum absolute atomic E-state index is 0.0155. The fourth-order valence-corrected chi connectivity index (χ4v) is 1.66. The average molecular weight is 244 g/mol. The Kier molecular flexibility index (Phi) is 5.31. The Labute approximate surface area is 100 Å². The quantitative estimate of drug-likeness (QED) is 0.777. The molecule has 0 spiro atoms. The van der Waals surface area contributed by atoms with E-state index in [0.717, 1.165) is 0 Å². The van der Waals surface area contributed by atoms with Crippen molar-refractivity contribution in [3.05, 3.63) is 29.3 Å². The molecule has 0 radical (unpaired) electrons. The maximum absolute atomic E-state index is 13.7. The van der Waals surface area contributed by atoms with Crippen LogP contribution in [0, 0.1) is 11.6 Å². The van der Waals surface area contributed by atoms with E-state index in [4.69, 9.17) is 10.5 Å². The number of hydrogen-bond acceptors (Lipinski definition) is 3. The van der Waals surface area contributed by atoms with E-state index in [-0.39, 0.29) is 12.2 Å². The highest BCUT2D eigenvalue weighted by Gasteiger charge is 2.14. The van der Waals surface area contributed by atoms with Crippen LogP contribution in [0.2, 0.25) is 0 Å². The zero-order valence-electron chi connectivity index (χ0n) is 10.2. The topological polar surface area (TPSA) is 38.5 Å². The number of ether oxygens (including phenoxy) is 1. The Morgan fingerprint density at radius 2 is 1.88 bits per heavy atom. The third-order valence-electron chi connectivity index (χ3n) is 2.54. The SMILES string of the molecule is COCCCN(C)c1c(F)cc(CN)cc1F. The lowest BCUT2D eigenvalue weighted by molar-refractivity contribution is 0.196. The van der Waals surface area contributed by atoms with Crippen LogP contribution in [-0.2, 0) is 11.3 Å². The summed E-state index contributed by atoms with van der Waals surface area (Å²) < 4.78 is 32.3. The van der Waals surface area contributed by atoms with Gasteiger partial charge in [-0.05, 0) is 24.1 Å². The van der Waals surface area contributed by atoms with Gasteiger partial charge in [0.25, 0.3) is 0 Å². The van der Waals surface area contributed by atoms with Gasteiger partial charge >= 0.3 is 0 Å². The van der Waals surface area contributed by atoms with E-state index in [9.17, 15) is 8.78 Å². The van der Waals surface area contributed by atoms with Gasteiger partial charge in [0, 0.05) is 33.9 Å². The summed E-state index contributed by atoms with van der Waals surface area (Å²) >= 11 is 0. The van der Waals surface area contributed by atoms with E-state index in [2.05, 4.69) is 0 Å². The number of nitrogens with zero attached hydrogens (tertiary/aromatic N) is 1. The van der Waals surface area contributed by atoms with E-state index >= 15 is 0 Å². The molecule has 0 atom stereocenters. The predicted octanol–water partition coefficient (Wildman–Crippen LogP) is 1.90. The van der Waals surface area contributed by atoms with Gasteiger partial charge in [0.15, 0.2) is 0 Å². The Morgan fingerprint density at radius 3 is 2.35 bits per heavy atom. The lowest BCUT2D eigenvalue weighted by Crippen LogP contribution is -2.22. The van der Waals surface area contributed by atoms with Gasteiger partial charge in [0.05, 0.1) is 0 Å². The maximum Gasteiger partial charge on any atom is 0.149 e. The highest BCUT2D eigenvalue weighted by Crippen LogP contribution is 2.24. The summed E-state index contributed by atoms with van der Waals surface area (Å²) in [7, 11) is 3.25. The van der Waals surface area contributed by atoms with Crippen LogP contribution in [-0.4, -0.2) is 27.3 Å². The summed E-state index contributed by atoms with van der Waals surface area (Å²) in [5.41, 5.74) is 5.79. The molecule has 1 aromatic carbocycles. The molecular weight excluding hydrogens is 226 g/mol. The molecule has 17 heavy (non-hydrogen) atoms. The number of rotatable bonds is 6. The van der Waals surface area contributed by atoms with Gasteiger partial charge in [-0.25, -0.2) is 8.78 Å². The fourth-order valence-electron chi connectivity index (χ4n) is 1.66. The van der Waals surface area contributed by atoms with Crippen LogP contribution in [0.15, 0.2) is 12.1 Å². The molecule has 0 bridgehead atoms. The van der Waals surface area contributed by atoms with Gasteiger partial charge in [-0.2, -0.15) is 0 Å². The van der Waals surface area contributed by atoms with Crippen LogP contribution in [0.4, 0.5) is 14.5 Å². The molecule has 5 heteroatoms. The van der Waals surface area contributed by atoms with Crippen LogP contribution >= 0.6 is 0 Å². The molecule has 1 rings (SSSR count). The summed E-state index contributed by atoms with van der Waals surface area (Å²) in [6.45, 7) is 1.22. The standard InChI is InChI=1S/C12H18F2N2O/c1-16(4-3-5-17-2)12-10(13)6-9(8-15)7-11(12)14/h6-7H,3-5,8,15H2,1-2H3. The summed E-state index contributed by atoms with van der Waals surface area (Å²) in [4.78, 5) is 1.55. The zero-order valence-corrected chi connectivity index (χ0v) is 10.2. The van der Waals surface area contributed by atoms with Crippen molar-refractivity contribution in [3.63, 3.8) is 0 Å². The molecule has 0 aliphatic carbocycles. The first-order valence-electron chi connectivity index (χ1n) is 5.48. The third-order valence-corrected chi connectivity index (χ3v) is 2.54. The number of methoxy groups -OCH3 is 1. The molecule has 2 N–H and O–H groups in total. The van der Waals surface area contributed by atoms with Gasteiger partial charge in [-0.15, -0.1) is 0 Å². The molecule has 3 nitrogen and oxygen atoms in total. The average Bonchev–Trinajstić information content (AvgIpc) is 2.28. The van der Waals surface area contributed by atoms with Crippen LogP contribution in [0.1, 0.15) is 12.0 Å². The number of benzene rings is 1. The second-order valence-corrected chi connectivity index (χ2v) is 3.88. The Bertz CT molecular complexity index is 349. The Morgan fingerprint density at radius 1 is 1.29 bits per heavy atom. The van der Waals surface area contributed by atoms with Crippen LogP contribution in [0.25, 0.3) is 0 Å². The molecule has 1 aromatic rings. The molecule has 0 aliphatic heterocycles. The Balaban J connectivity index is 2.82. The lowest BCUT2D eigenvalue weighted by atomic mass is 10.1. The molecule has 0 saturated heterocycles. The summed E-state index contributed by atoms with van der Waals surface area (Å²) in [5.74, 6) is -1.16. The van der Waals surface area contributed by atoms with Gasteiger partial charge in [-0.1, -0.05) is 0 Å². The largest absolute Gasteiger partial charge is 0.385 e. The first-order chi connectivity index (χ1) is 8.10. The first kappa shape index (κ1) is 13.9. The molecule has 0 unspecified atom stereocenters. The van der Waals surface area contributed by atoms with Gasteiger partial charge in [0.2, 0.25) is 0 Å². The van der Waals surface area contributed by atoms with Crippen molar-refractivity contribution in [2.45, 2.75) is 13.0 Å². The van der Waals surface area contributed by atoms with Crippen molar-refractivity contribution in [1.29, 1.82) is 0 Å². The van der Waals surface area contributed by atoms with Crippen molar-refractivity contribution < 1.29 is 13.5 Å². The van der Waals surface area contributed by atoms with Crippen LogP contribution < -0.4 is 10.6 Å². The van der Waals surface area contributed by atoms with Crippen LogP contribution in [0.3, 0.4) is 0 Å². The van der Waals surface area contributed by atoms with Crippen molar-refractivity contribution in [2.75, 3.05) is 32.2 Å². The molecule has 0 heterocycles. The lowest BCUT2D eigenvalue weighted by Gasteiger charge is -2.20. The van der Waals surface area contributed by atoms with Gasteiger partial charge in [0.1, 0.15) is 17.3 Å². The molecular formula is C12H18F2N2O. The number of nitrogens with two attached hydrogens (primary N) is 1. The van der Waals surface area contributed by atoms with Crippen molar-refractivity contribution in [2.24, 2.45) is 5.73 Å². The number of halogens is 2. The molecule has 0 saturated carbocycles. The van der Waals surface area contributed by atoms with E-state index in [1.807, 2.05) is 0 Å². The molecule has 96 valence electrons. The second-order valence-electron chi connectivity index (χ2n) is 3.88. The molecule has 0 aliphatic rings. The zero-order chi connectivity index (χ0) is 12.8. The van der Waals surface area contributed by atoms with E-state index < -0.39 is 11.6 Å². The second kappa shape index (κ2) is 6.51. The molecule has 0 amide bonds. The molecule has 0 aromatic heterocycles. The summed E-state index contributed by atoms with van der Waals surface area (Å²) in [6, 6.07) is 2.54.